The summed E-state index contributed by atoms with van der Waals surface area (Å²) < 4.78 is 37.5. The van der Waals surface area contributed by atoms with Crippen LogP contribution in [0.3, 0.4) is 0 Å². The Hall–Kier alpha value is -0.910. The van der Waals surface area contributed by atoms with Crippen LogP contribution in [0, 0.1) is 0 Å². The van der Waals surface area contributed by atoms with Gasteiger partial charge in [0.2, 0.25) is 0 Å². The SMILES string of the molecule is FC(F)(F)c1ccn(CC=CCS)n1. The second kappa shape index (κ2) is 4.54. The first-order chi connectivity index (χ1) is 6.54. The van der Waals surface area contributed by atoms with E-state index in [1.54, 1.807) is 12.2 Å². The third kappa shape index (κ3) is 3.10. The predicted molar refractivity (Wildman–Crippen MR) is 50.2 cm³/mol. The predicted octanol–water partition coefficient (Wildman–Crippen LogP) is 2.39. The number of halogens is 3. The molecule has 0 aliphatic carbocycles. The van der Waals surface area contributed by atoms with Gasteiger partial charge >= 0.3 is 6.18 Å². The topological polar surface area (TPSA) is 17.8 Å². The van der Waals surface area contributed by atoms with Gasteiger partial charge in [0, 0.05) is 11.9 Å². The summed E-state index contributed by atoms with van der Waals surface area (Å²) in [5.41, 5.74) is -0.864. The molecule has 1 heterocycles. The van der Waals surface area contributed by atoms with E-state index in [0.29, 0.717) is 12.3 Å². The van der Waals surface area contributed by atoms with Crippen LogP contribution in [0.15, 0.2) is 24.4 Å². The Balaban J connectivity index is 2.64. The van der Waals surface area contributed by atoms with E-state index in [1.165, 1.54) is 10.9 Å². The molecule has 0 fully saturated rings. The molecule has 0 radical (unpaired) electrons. The zero-order valence-corrected chi connectivity index (χ0v) is 8.09. The molecule has 0 spiro atoms. The van der Waals surface area contributed by atoms with Gasteiger partial charge in [0.1, 0.15) is 0 Å². The minimum absolute atomic E-state index is 0.330. The molecule has 0 aromatic carbocycles. The minimum atomic E-state index is -4.36. The first kappa shape index (κ1) is 11.2. The number of thiol groups is 1. The number of aromatic nitrogens is 2. The van der Waals surface area contributed by atoms with E-state index in [-0.39, 0.29) is 0 Å². The largest absolute Gasteiger partial charge is 0.435 e. The van der Waals surface area contributed by atoms with E-state index >= 15 is 0 Å². The van der Waals surface area contributed by atoms with Gasteiger partial charge in [-0.3, -0.25) is 4.68 Å². The van der Waals surface area contributed by atoms with Gasteiger partial charge in [0.05, 0.1) is 6.54 Å². The highest BCUT2D eigenvalue weighted by Crippen LogP contribution is 2.27. The second-order valence-electron chi connectivity index (χ2n) is 2.57. The Morgan fingerprint density at radius 2 is 2.14 bits per heavy atom. The number of rotatable bonds is 3. The summed E-state index contributed by atoms with van der Waals surface area (Å²) >= 11 is 3.92. The van der Waals surface area contributed by atoms with Gasteiger partial charge in [-0.1, -0.05) is 12.2 Å². The van der Waals surface area contributed by atoms with Gasteiger partial charge in [-0.25, -0.2) is 0 Å². The summed E-state index contributed by atoms with van der Waals surface area (Å²) in [6.45, 7) is 0.330. The molecule has 1 rings (SSSR count). The van der Waals surface area contributed by atoms with Gasteiger partial charge in [0.25, 0.3) is 0 Å². The van der Waals surface area contributed by atoms with Gasteiger partial charge < -0.3 is 0 Å². The van der Waals surface area contributed by atoms with Crippen molar-refractivity contribution in [2.24, 2.45) is 0 Å². The highest BCUT2D eigenvalue weighted by atomic mass is 32.1. The highest BCUT2D eigenvalue weighted by Gasteiger charge is 2.33. The Morgan fingerprint density at radius 3 is 2.64 bits per heavy atom. The van der Waals surface area contributed by atoms with Crippen molar-refractivity contribution in [2.75, 3.05) is 5.75 Å². The van der Waals surface area contributed by atoms with Crippen LogP contribution in [0.5, 0.6) is 0 Å². The first-order valence-corrected chi connectivity index (χ1v) is 4.54. The summed E-state index contributed by atoms with van der Waals surface area (Å²) in [5, 5.41) is 3.37. The lowest BCUT2D eigenvalue weighted by Gasteiger charge is -2.00. The molecular weight excluding hydrogens is 213 g/mol. The molecule has 2 nitrogen and oxygen atoms in total. The molecule has 0 saturated heterocycles. The Morgan fingerprint density at radius 1 is 1.43 bits per heavy atom. The van der Waals surface area contributed by atoms with Crippen molar-refractivity contribution in [3.05, 3.63) is 30.1 Å². The highest BCUT2D eigenvalue weighted by molar-refractivity contribution is 7.80. The van der Waals surface area contributed by atoms with Crippen molar-refractivity contribution in [2.45, 2.75) is 12.7 Å². The molecular formula is C8H9F3N2S. The van der Waals surface area contributed by atoms with Gasteiger partial charge in [0.15, 0.2) is 5.69 Å². The van der Waals surface area contributed by atoms with Crippen molar-refractivity contribution in [1.29, 1.82) is 0 Å². The molecule has 1 aromatic heterocycles. The Bertz CT molecular complexity index is 317. The van der Waals surface area contributed by atoms with Gasteiger partial charge in [-0.2, -0.15) is 30.9 Å². The number of hydrogen-bond donors (Lipinski definition) is 1. The minimum Gasteiger partial charge on any atom is -0.268 e. The Labute approximate surface area is 84.8 Å². The molecule has 0 bridgehead atoms. The maximum absolute atomic E-state index is 12.1. The number of allylic oxidation sites excluding steroid dienone is 1. The fourth-order valence-electron chi connectivity index (χ4n) is 0.872. The monoisotopic (exact) mass is 222 g/mol. The standard InChI is InChI=1S/C8H9F3N2S/c9-8(10,11)7-3-5-13(12-7)4-1-2-6-14/h1-3,5,14H,4,6H2. The average Bonchev–Trinajstić information content (AvgIpc) is 2.52. The van der Waals surface area contributed by atoms with Crippen LogP contribution in [0.1, 0.15) is 5.69 Å². The summed E-state index contributed by atoms with van der Waals surface area (Å²) in [6, 6.07) is 0.953. The summed E-state index contributed by atoms with van der Waals surface area (Å²) in [4.78, 5) is 0. The molecule has 0 aliphatic heterocycles. The van der Waals surface area contributed by atoms with Crippen LogP contribution in [0.4, 0.5) is 13.2 Å². The van der Waals surface area contributed by atoms with Crippen LogP contribution < -0.4 is 0 Å². The average molecular weight is 222 g/mol. The van der Waals surface area contributed by atoms with Crippen LogP contribution in [0.2, 0.25) is 0 Å². The number of hydrogen-bond acceptors (Lipinski definition) is 2. The first-order valence-electron chi connectivity index (χ1n) is 3.90. The third-order valence-electron chi connectivity index (χ3n) is 1.50. The van der Waals surface area contributed by atoms with Crippen LogP contribution in [-0.4, -0.2) is 15.5 Å². The lowest BCUT2D eigenvalue weighted by molar-refractivity contribution is -0.141. The number of alkyl halides is 3. The van der Waals surface area contributed by atoms with E-state index in [1.807, 2.05) is 0 Å². The molecule has 0 saturated carbocycles. The molecule has 0 atom stereocenters. The molecule has 14 heavy (non-hydrogen) atoms. The fraction of sp³-hybridized carbons (Fsp3) is 0.375. The molecule has 0 N–H and O–H groups in total. The summed E-state index contributed by atoms with van der Waals surface area (Å²) in [6.07, 6.45) is 0.391. The fourth-order valence-corrected chi connectivity index (χ4v) is 1.02. The quantitative estimate of drug-likeness (QED) is 0.614. The van der Waals surface area contributed by atoms with E-state index in [4.69, 9.17) is 0 Å². The van der Waals surface area contributed by atoms with Crippen LogP contribution in [0.25, 0.3) is 0 Å². The number of nitrogens with zero attached hydrogens (tertiary/aromatic N) is 2. The smallest absolute Gasteiger partial charge is 0.268 e. The van der Waals surface area contributed by atoms with Crippen molar-refractivity contribution < 1.29 is 13.2 Å². The third-order valence-corrected chi connectivity index (χ3v) is 1.71. The van der Waals surface area contributed by atoms with Crippen molar-refractivity contribution in [1.82, 2.24) is 9.78 Å². The lowest BCUT2D eigenvalue weighted by atomic mass is 10.4. The lowest BCUT2D eigenvalue weighted by Crippen LogP contribution is -2.07. The molecule has 6 heteroatoms. The van der Waals surface area contributed by atoms with E-state index in [9.17, 15) is 13.2 Å². The van der Waals surface area contributed by atoms with Gasteiger partial charge in [-0.15, -0.1) is 0 Å². The summed E-state index contributed by atoms with van der Waals surface area (Å²) in [5.74, 6) is 0.563. The molecule has 1 aromatic rings. The second-order valence-corrected chi connectivity index (χ2v) is 2.94. The van der Waals surface area contributed by atoms with Crippen molar-refractivity contribution >= 4 is 12.6 Å². The maximum Gasteiger partial charge on any atom is 0.435 e. The molecule has 0 unspecified atom stereocenters. The Kier molecular flexibility index (Phi) is 3.62. The zero-order valence-electron chi connectivity index (χ0n) is 7.20. The molecule has 0 aliphatic rings. The van der Waals surface area contributed by atoms with E-state index in [0.717, 1.165) is 6.07 Å². The zero-order chi connectivity index (χ0) is 10.6. The molecule has 0 amide bonds. The maximum atomic E-state index is 12.1. The normalized spacial score (nSPS) is 12.6. The van der Waals surface area contributed by atoms with Crippen LogP contribution in [-0.2, 0) is 12.7 Å². The van der Waals surface area contributed by atoms with Gasteiger partial charge in [-0.05, 0) is 6.07 Å². The summed E-state index contributed by atoms with van der Waals surface area (Å²) in [7, 11) is 0. The van der Waals surface area contributed by atoms with Crippen molar-refractivity contribution in [3.8, 4) is 0 Å². The molecule has 78 valence electrons. The van der Waals surface area contributed by atoms with E-state index in [2.05, 4.69) is 17.7 Å². The van der Waals surface area contributed by atoms with Crippen molar-refractivity contribution in [3.63, 3.8) is 0 Å². The van der Waals surface area contributed by atoms with Crippen LogP contribution >= 0.6 is 12.6 Å². The van der Waals surface area contributed by atoms with E-state index < -0.39 is 11.9 Å².